The molecule has 0 aliphatic carbocycles. The van der Waals surface area contributed by atoms with Crippen molar-refractivity contribution in [2.45, 2.75) is 20.3 Å². The third-order valence-corrected chi connectivity index (χ3v) is 3.53. The topological polar surface area (TPSA) is 72.2 Å². The van der Waals surface area contributed by atoms with Gasteiger partial charge in [-0.15, -0.1) is 0 Å². The molecule has 0 spiro atoms. The summed E-state index contributed by atoms with van der Waals surface area (Å²) in [6.07, 6.45) is 6.08. The monoisotopic (exact) mass is 295 g/mol. The third kappa shape index (κ3) is 2.81. The van der Waals surface area contributed by atoms with Crippen LogP contribution in [-0.2, 0) is 6.42 Å². The second kappa shape index (κ2) is 5.93. The average molecular weight is 295 g/mol. The van der Waals surface area contributed by atoms with Crippen molar-refractivity contribution >= 4 is 11.6 Å². The Bertz CT molecular complexity index is 771. The van der Waals surface area contributed by atoms with Crippen LogP contribution in [0.15, 0.2) is 36.9 Å². The summed E-state index contributed by atoms with van der Waals surface area (Å²) in [5.41, 5.74) is 3.80. The van der Waals surface area contributed by atoms with Crippen LogP contribution in [0, 0.1) is 13.8 Å². The van der Waals surface area contributed by atoms with Gasteiger partial charge in [0.05, 0.1) is 22.6 Å². The molecule has 0 aliphatic rings. The Morgan fingerprint density at radius 3 is 2.73 bits per heavy atom. The SMILES string of the molecule is Cc1ncnc(C)c1C(=O)NCCc1cn2ccccc2n1. The summed E-state index contributed by atoms with van der Waals surface area (Å²) < 4.78 is 1.97. The van der Waals surface area contributed by atoms with Gasteiger partial charge in [-0.25, -0.2) is 15.0 Å². The van der Waals surface area contributed by atoms with E-state index in [1.54, 1.807) is 0 Å². The summed E-state index contributed by atoms with van der Waals surface area (Å²) in [6.45, 7) is 4.15. The van der Waals surface area contributed by atoms with E-state index < -0.39 is 0 Å². The summed E-state index contributed by atoms with van der Waals surface area (Å²) in [4.78, 5) is 24.9. The van der Waals surface area contributed by atoms with Gasteiger partial charge in [0.25, 0.3) is 5.91 Å². The fourth-order valence-corrected chi connectivity index (χ4v) is 2.42. The summed E-state index contributed by atoms with van der Waals surface area (Å²) in [5, 5.41) is 2.91. The number of hydrogen-bond acceptors (Lipinski definition) is 4. The van der Waals surface area contributed by atoms with Crippen molar-refractivity contribution in [3.63, 3.8) is 0 Å². The van der Waals surface area contributed by atoms with Crippen molar-refractivity contribution in [1.82, 2.24) is 24.7 Å². The van der Waals surface area contributed by atoms with Crippen molar-refractivity contribution in [3.8, 4) is 0 Å². The molecule has 1 N–H and O–H groups in total. The Hall–Kier alpha value is -2.76. The minimum absolute atomic E-state index is 0.139. The molecule has 0 radical (unpaired) electrons. The molecule has 3 heterocycles. The fraction of sp³-hybridized carbons (Fsp3) is 0.250. The van der Waals surface area contributed by atoms with Crippen LogP contribution in [0.2, 0.25) is 0 Å². The molecule has 3 rings (SSSR count). The standard InChI is InChI=1S/C16H17N5O/c1-11-15(12(2)19-10-18-11)16(22)17-7-6-13-9-21-8-4-3-5-14(21)20-13/h3-5,8-10H,6-7H2,1-2H3,(H,17,22). The molecule has 6 heteroatoms. The predicted octanol–water partition coefficient (Wildman–Crippen LogP) is 1.71. The van der Waals surface area contributed by atoms with Crippen molar-refractivity contribution < 1.29 is 4.79 Å². The van der Waals surface area contributed by atoms with E-state index in [0.29, 0.717) is 29.9 Å². The lowest BCUT2D eigenvalue weighted by molar-refractivity contribution is 0.0952. The highest BCUT2D eigenvalue weighted by atomic mass is 16.1. The van der Waals surface area contributed by atoms with E-state index in [9.17, 15) is 4.79 Å². The molecule has 0 fully saturated rings. The summed E-state index contributed by atoms with van der Waals surface area (Å²) in [7, 11) is 0. The lowest BCUT2D eigenvalue weighted by atomic mass is 10.1. The van der Waals surface area contributed by atoms with Crippen LogP contribution < -0.4 is 5.32 Å². The highest BCUT2D eigenvalue weighted by Crippen LogP contribution is 2.08. The van der Waals surface area contributed by atoms with E-state index in [1.165, 1.54) is 6.33 Å². The van der Waals surface area contributed by atoms with Gasteiger partial charge in [0.2, 0.25) is 0 Å². The molecule has 112 valence electrons. The van der Waals surface area contributed by atoms with Crippen LogP contribution in [-0.4, -0.2) is 31.8 Å². The number of carbonyl (C=O) groups excluding carboxylic acids is 1. The van der Waals surface area contributed by atoms with E-state index in [-0.39, 0.29) is 5.91 Å². The van der Waals surface area contributed by atoms with Gasteiger partial charge in [-0.3, -0.25) is 4.79 Å². The van der Waals surface area contributed by atoms with Crippen molar-refractivity contribution in [3.05, 3.63) is 59.6 Å². The maximum absolute atomic E-state index is 12.2. The molecule has 3 aromatic heterocycles. The van der Waals surface area contributed by atoms with Crippen LogP contribution in [0.1, 0.15) is 27.4 Å². The largest absolute Gasteiger partial charge is 0.352 e. The highest BCUT2D eigenvalue weighted by molar-refractivity contribution is 5.96. The molecule has 0 atom stereocenters. The van der Waals surface area contributed by atoms with Gasteiger partial charge >= 0.3 is 0 Å². The Kier molecular flexibility index (Phi) is 3.82. The van der Waals surface area contributed by atoms with Gasteiger partial charge in [-0.1, -0.05) is 6.07 Å². The highest BCUT2D eigenvalue weighted by Gasteiger charge is 2.13. The Balaban J connectivity index is 1.64. The first-order valence-corrected chi connectivity index (χ1v) is 7.14. The van der Waals surface area contributed by atoms with Crippen LogP contribution in [0.5, 0.6) is 0 Å². The Morgan fingerprint density at radius 1 is 1.23 bits per heavy atom. The minimum Gasteiger partial charge on any atom is -0.352 e. The van der Waals surface area contributed by atoms with Gasteiger partial charge in [-0.05, 0) is 26.0 Å². The normalized spacial score (nSPS) is 10.8. The molecule has 0 unspecified atom stereocenters. The van der Waals surface area contributed by atoms with Crippen LogP contribution in [0.25, 0.3) is 5.65 Å². The fourth-order valence-electron chi connectivity index (χ4n) is 2.42. The zero-order valence-corrected chi connectivity index (χ0v) is 12.6. The molecule has 3 aromatic rings. The van der Waals surface area contributed by atoms with Crippen molar-refractivity contribution in [2.75, 3.05) is 6.54 Å². The van der Waals surface area contributed by atoms with Gasteiger partial charge in [0.15, 0.2) is 0 Å². The first kappa shape index (κ1) is 14.2. The number of aromatic nitrogens is 4. The van der Waals surface area contributed by atoms with E-state index in [4.69, 9.17) is 0 Å². The number of fused-ring (bicyclic) bond motifs is 1. The van der Waals surface area contributed by atoms with E-state index in [2.05, 4.69) is 20.3 Å². The average Bonchev–Trinajstić information content (AvgIpc) is 2.89. The smallest absolute Gasteiger partial charge is 0.254 e. The Labute approximate surface area is 128 Å². The lowest BCUT2D eigenvalue weighted by Gasteiger charge is -2.08. The summed E-state index contributed by atoms with van der Waals surface area (Å²) in [6, 6.07) is 5.87. The predicted molar refractivity (Wildman–Crippen MR) is 82.7 cm³/mol. The number of carbonyl (C=O) groups is 1. The number of aryl methyl sites for hydroxylation is 2. The van der Waals surface area contributed by atoms with Crippen LogP contribution in [0.4, 0.5) is 0 Å². The first-order chi connectivity index (χ1) is 10.6. The minimum atomic E-state index is -0.139. The molecule has 0 aliphatic heterocycles. The second-order valence-corrected chi connectivity index (χ2v) is 5.12. The van der Waals surface area contributed by atoms with Crippen molar-refractivity contribution in [1.29, 1.82) is 0 Å². The zero-order valence-electron chi connectivity index (χ0n) is 12.6. The van der Waals surface area contributed by atoms with Crippen LogP contribution >= 0.6 is 0 Å². The maximum Gasteiger partial charge on any atom is 0.254 e. The third-order valence-electron chi connectivity index (χ3n) is 3.53. The number of rotatable bonds is 4. The lowest BCUT2D eigenvalue weighted by Crippen LogP contribution is -2.27. The second-order valence-electron chi connectivity index (χ2n) is 5.12. The van der Waals surface area contributed by atoms with E-state index in [0.717, 1.165) is 11.3 Å². The summed E-state index contributed by atoms with van der Waals surface area (Å²) in [5.74, 6) is -0.139. The molecule has 22 heavy (non-hydrogen) atoms. The number of pyridine rings is 1. The molecule has 1 amide bonds. The molecule has 0 aromatic carbocycles. The Morgan fingerprint density at radius 2 is 2.00 bits per heavy atom. The number of amides is 1. The molecule has 0 saturated heterocycles. The van der Waals surface area contributed by atoms with E-state index >= 15 is 0 Å². The molecular weight excluding hydrogens is 278 g/mol. The molecule has 0 bridgehead atoms. The number of hydrogen-bond donors (Lipinski definition) is 1. The van der Waals surface area contributed by atoms with Gasteiger partial charge in [-0.2, -0.15) is 0 Å². The van der Waals surface area contributed by atoms with Crippen LogP contribution in [0.3, 0.4) is 0 Å². The van der Waals surface area contributed by atoms with Crippen molar-refractivity contribution in [2.24, 2.45) is 0 Å². The maximum atomic E-state index is 12.2. The van der Waals surface area contributed by atoms with E-state index in [1.807, 2.05) is 48.8 Å². The first-order valence-electron chi connectivity index (χ1n) is 7.14. The molecule has 6 nitrogen and oxygen atoms in total. The summed E-state index contributed by atoms with van der Waals surface area (Å²) >= 11 is 0. The molecule has 0 saturated carbocycles. The molecular formula is C16H17N5O. The zero-order chi connectivity index (χ0) is 15.5. The van der Waals surface area contributed by atoms with Gasteiger partial charge in [0.1, 0.15) is 12.0 Å². The number of nitrogens with zero attached hydrogens (tertiary/aromatic N) is 4. The van der Waals surface area contributed by atoms with Gasteiger partial charge < -0.3 is 9.72 Å². The van der Waals surface area contributed by atoms with Gasteiger partial charge in [0, 0.05) is 25.4 Å². The number of imidazole rings is 1. The number of nitrogens with one attached hydrogen (secondary N) is 1. The quantitative estimate of drug-likeness (QED) is 0.795.